The van der Waals surface area contributed by atoms with Crippen LogP contribution in [0.15, 0.2) is 30.6 Å². The van der Waals surface area contributed by atoms with Gasteiger partial charge in [-0.2, -0.15) is 0 Å². The summed E-state index contributed by atoms with van der Waals surface area (Å²) in [6.45, 7) is 7.48. The van der Waals surface area contributed by atoms with E-state index < -0.39 is 27.4 Å². The molecule has 0 saturated carbocycles. The van der Waals surface area contributed by atoms with Gasteiger partial charge in [-0.15, -0.1) is 10.2 Å². The predicted octanol–water partition coefficient (Wildman–Crippen LogP) is 2.93. The fourth-order valence-corrected chi connectivity index (χ4v) is 5.16. The third-order valence-corrected chi connectivity index (χ3v) is 7.60. The van der Waals surface area contributed by atoms with Crippen LogP contribution in [0.1, 0.15) is 44.3 Å². The van der Waals surface area contributed by atoms with E-state index in [2.05, 4.69) is 24.9 Å². The first-order valence-corrected chi connectivity index (χ1v) is 13.4. The van der Waals surface area contributed by atoms with Crippen molar-refractivity contribution >= 4 is 16.0 Å². The van der Waals surface area contributed by atoms with Crippen molar-refractivity contribution in [3.63, 3.8) is 0 Å². The lowest BCUT2D eigenvalue weighted by Gasteiger charge is -2.26. The number of aryl methyl sites for hydroxylation is 1. The zero-order valence-electron chi connectivity index (χ0n) is 21.7. The fraction of sp³-hybridized carbons (Fsp3) is 0.500. The van der Waals surface area contributed by atoms with Crippen molar-refractivity contribution in [3.8, 4) is 22.9 Å². The molecular formula is C24H32N6O6S. The molecule has 0 bridgehead atoms. The van der Waals surface area contributed by atoms with E-state index in [4.69, 9.17) is 18.9 Å². The zero-order chi connectivity index (χ0) is 26.7. The topological polar surface area (TPSA) is 140 Å². The number of anilines is 1. The van der Waals surface area contributed by atoms with Crippen molar-refractivity contribution in [2.75, 3.05) is 32.2 Å². The highest BCUT2D eigenvalue weighted by atomic mass is 32.2. The molecule has 0 amide bonds. The van der Waals surface area contributed by atoms with Crippen LogP contribution in [-0.4, -0.2) is 71.9 Å². The van der Waals surface area contributed by atoms with Gasteiger partial charge in [-0.25, -0.2) is 18.4 Å². The van der Waals surface area contributed by atoms with E-state index in [0.717, 1.165) is 5.56 Å². The first-order chi connectivity index (χ1) is 17.7. The molecular weight excluding hydrogens is 500 g/mol. The average molecular weight is 533 g/mol. The highest BCUT2D eigenvalue weighted by molar-refractivity contribution is 7.93. The number of benzene rings is 1. The third kappa shape index (κ3) is 5.53. The molecule has 2 aromatic heterocycles. The van der Waals surface area contributed by atoms with E-state index in [1.54, 1.807) is 50.2 Å². The van der Waals surface area contributed by atoms with E-state index >= 15 is 0 Å². The van der Waals surface area contributed by atoms with Gasteiger partial charge in [-0.1, -0.05) is 6.07 Å². The predicted molar refractivity (Wildman–Crippen MR) is 136 cm³/mol. The molecule has 3 heterocycles. The molecule has 3 aromatic rings. The summed E-state index contributed by atoms with van der Waals surface area (Å²) >= 11 is 0. The van der Waals surface area contributed by atoms with Gasteiger partial charge in [0, 0.05) is 19.5 Å². The van der Waals surface area contributed by atoms with Gasteiger partial charge in [0.1, 0.15) is 18.0 Å². The van der Waals surface area contributed by atoms with Crippen molar-refractivity contribution in [3.05, 3.63) is 42.0 Å². The highest BCUT2D eigenvalue weighted by Crippen LogP contribution is 2.42. The van der Waals surface area contributed by atoms with Gasteiger partial charge >= 0.3 is 0 Å². The van der Waals surface area contributed by atoms with Crippen molar-refractivity contribution in [2.24, 2.45) is 0 Å². The standard InChI is InChI=1S/C24H32N6O6S/c1-14(2)36-20(22-25-10-15(3)11-26-22)16(4)37(31,32)29-24-28-27-23-18-8-7-9-19(34-6)21(18)35-13-17(12-33-5)30(23)24/h7-11,14,16-17,20H,12-13H2,1-6H3,(H,28,29)/t16?,17-,20?/m1/s1. The quantitative estimate of drug-likeness (QED) is 0.414. The second kappa shape index (κ2) is 11.0. The van der Waals surface area contributed by atoms with Crippen LogP contribution >= 0.6 is 0 Å². The number of nitrogens with zero attached hydrogens (tertiary/aromatic N) is 5. The monoisotopic (exact) mass is 532 g/mol. The molecule has 0 fully saturated rings. The Labute approximate surface area is 216 Å². The van der Waals surface area contributed by atoms with E-state index in [0.29, 0.717) is 22.9 Å². The maximum atomic E-state index is 13.6. The Morgan fingerprint density at radius 2 is 1.89 bits per heavy atom. The van der Waals surface area contributed by atoms with Gasteiger partial charge < -0.3 is 18.9 Å². The smallest absolute Gasteiger partial charge is 0.240 e. The Balaban J connectivity index is 1.73. The van der Waals surface area contributed by atoms with Crippen LogP contribution in [0.4, 0.5) is 5.95 Å². The number of para-hydroxylation sites is 1. The van der Waals surface area contributed by atoms with Gasteiger partial charge in [0.05, 0.1) is 31.4 Å². The van der Waals surface area contributed by atoms with Crippen LogP contribution in [0.2, 0.25) is 0 Å². The van der Waals surface area contributed by atoms with Crippen LogP contribution in [0, 0.1) is 6.92 Å². The van der Waals surface area contributed by atoms with E-state index in [1.807, 2.05) is 26.8 Å². The maximum Gasteiger partial charge on any atom is 0.240 e. The largest absolute Gasteiger partial charge is 0.493 e. The summed E-state index contributed by atoms with van der Waals surface area (Å²) in [5.74, 6) is 1.78. The number of nitrogens with one attached hydrogen (secondary N) is 1. The molecule has 2 unspecified atom stereocenters. The Morgan fingerprint density at radius 1 is 1.16 bits per heavy atom. The third-order valence-electron chi connectivity index (χ3n) is 5.90. The van der Waals surface area contributed by atoms with Crippen molar-refractivity contribution in [2.45, 2.75) is 51.2 Å². The average Bonchev–Trinajstić information content (AvgIpc) is 3.19. The first-order valence-electron chi connectivity index (χ1n) is 11.9. The Bertz CT molecular complexity index is 1330. The summed E-state index contributed by atoms with van der Waals surface area (Å²) < 4.78 is 54.4. The molecule has 1 aromatic carbocycles. The van der Waals surface area contributed by atoms with Gasteiger partial charge in [0.25, 0.3) is 0 Å². The maximum absolute atomic E-state index is 13.6. The van der Waals surface area contributed by atoms with Gasteiger partial charge in [0.15, 0.2) is 23.1 Å². The molecule has 1 aliphatic rings. The highest BCUT2D eigenvalue weighted by Gasteiger charge is 2.37. The van der Waals surface area contributed by atoms with Gasteiger partial charge in [0.2, 0.25) is 16.0 Å². The van der Waals surface area contributed by atoms with Crippen LogP contribution < -0.4 is 14.2 Å². The molecule has 0 spiro atoms. The normalized spacial score (nSPS) is 16.8. The molecule has 37 heavy (non-hydrogen) atoms. The Morgan fingerprint density at radius 3 is 2.54 bits per heavy atom. The molecule has 0 aliphatic carbocycles. The summed E-state index contributed by atoms with van der Waals surface area (Å²) in [6, 6.07) is 4.99. The molecule has 200 valence electrons. The Hall–Kier alpha value is -3.29. The number of methoxy groups -OCH3 is 2. The summed E-state index contributed by atoms with van der Waals surface area (Å²) in [5, 5.41) is 7.45. The lowest BCUT2D eigenvalue weighted by atomic mass is 10.1. The molecule has 13 heteroatoms. The molecule has 12 nitrogen and oxygen atoms in total. The molecule has 4 rings (SSSR count). The summed E-state index contributed by atoms with van der Waals surface area (Å²) in [5.41, 5.74) is 1.48. The Kier molecular flexibility index (Phi) is 7.95. The number of rotatable bonds is 10. The zero-order valence-corrected chi connectivity index (χ0v) is 22.5. The number of sulfonamides is 1. The molecule has 0 radical (unpaired) electrons. The van der Waals surface area contributed by atoms with Crippen molar-refractivity contribution < 1.29 is 27.4 Å². The van der Waals surface area contributed by atoms with Crippen molar-refractivity contribution in [1.82, 2.24) is 24.7 Å². The molecule has 1 aliphatic heterocycles. The molecule has 0 saturated heterocycles. The lowest BCUT2D eigenvalue weighted by Crippen LogP contribution is -2.35. The van der Waals surface area contributed by atoms with Gasteiger partial charge in [-0.05, 0) is 45.4 Å². The van der Waals surface area contributed by atoms with E-state index in [-0.39, 0.29) is 31.1 Å². The molecule has 1 N–H and O–H groups in total. The number of aromatic nitrogens is 5. The minimum Gasteiger partial charge on any atom is -0.493 e. The number of hydrogen-bond acceptors (Lipinski definition) is 10. The van der Waals surface area contributed by atoms with Gasteiger partial charge in [-0.3, -0.25) is 9.29 Å². The number of ether oxygens (including phenoxy) is 4. The van der Waals surface area contributed by atoms with Crippen LogP contribution in [0.25, 0.3) is 11.4 Å². The van der Waals surface area contributed by atoms with Crippen molar-refractivity contribution in [1.29, 1.82) is 0 Å². The molecule has 3 atom stereocenters. The number of hydrogen-bond donors (Lipinski definition) is 1. The van der Waals surface area contributed by atoms with Crippen LogP contribution in [0.5, 0.6) is 11.5 Å². The summed E-state index contributed by atoms with van der Waals surface area (Å²) in [6.07, 6.45) is 2.09. The second-order valence-corrected chi connectivity index (χ2v) is 11.1. The lowest BCUT2D eigenvalue weighted by molar-refractivity contribution is 0.00152. The van der Waals surface area contributed by atoms with Crippen LogP contribution in [-0.2, 0) is 19.5 Å². The summed E-state index contributed by atoms with van der Waals surface area (Å²) in [4.78, 5) is 8.63. The second-order valence-electron chi connectivity index (χ2n) is 9.05. The number of fused-ring (bicyclic) bond motifs is 3. The van der Waals surface area contributed by atoms with Crippen LogP contribution in [0.3, 0.4) is 0 Å². The minimum atomic E-state index is -4.04. The van der Waals surface area contributed by atoms with E-state index in [9.17, 15) is 8.42 Å². The SMILES string of the molecule is COC[C@@H]1COc2c(OC)cccc2-c2nnc(NS(=O)(=O)C(C)C(OC(C)C)c3ncc(C)cn3)n21. The fourth-order valence-electron chi connectivity index (χ4n) is 4.07. The summed E-state index contributed by atoms with van der Waals surface area (Å²) in [7, 11) is -0.934. The minimum absolute atomic E-state index is 0.0382. The van der Waals surface area contributed by atoms with E-state index in [1.165, 1.54) is 0 Å². The first kappa shape index (κ1) is 26.8.